The van der Waals surface area contributed by atoms with Crippen molar-refractivity contribution >= 4 is 39.1 Å². The zero-order valence-corrected chi connectivity index (χ0v) is 17.7. The number of terminal acetylenes is 1. The summed E-state index contributed by atoms with van der Waals surface area (Å²) < 4.78 is 28.6. The second kappa shape index (κ2) is 8.46. The van der Waals surface area contributed by atoms with Gasteiger partial charge in [-0.05, 0) is 31.0 Å². The van der Waals surface area contributed by atoms with Crippen molar-refractivity contribution in [3.63, 3.8) is 0 Å². The lowest BCUT2D eigenvalue weighted by Gasteiger charge is -2.46. The normalized spacial score (nSPS) is 26.2. The van der Waals surface area contributed by atoms with Gasteiger partial charge >= 0.3 is 0 Å². The predicted molar refractivity (Wildman–Crippen MR) is 111 cm³/mol. The van der Waals surface area contributed by atoms with Gasteiger partial charge in [0, 0.05) is 41.0 Å². The maximum Gasteiger partial charge on any atom is 0.243 e. The number of rotatable bonds is 4. The summed E-state index contributed by atoms with van der Waals surface area (Å²) in [5.41, 5.74) is 0. The summed E-state index contributed by atoms with van der Waals surface area (Å²) in [7, 11) is -3.90. The summed E-state index contributed by atoms with van der Waals surface area (Å²) in [6, 6.07) is 3.55. The third kappa shape index (κ3) is 4.08. The Kier molecular flexibility index (Phi) is 6.41. The number of amides is 1. The van der Waals surface area contributed by atoms with E-state index in [4.69, 9.17) is 29.6 Å². The van der Waals surface area contributed by atoms with Crippen LogP contribution in [0, 0.1) is 18.3 Å². The van der Waals surface area contributed by atoms with Gasteiger partial charge in [-0.2, -0.15) is 4.31 Å². The minimum absolute atomic E-state index is 0.0400. The number of hydrogen-bond acceptors (Lipinski definition) is 3. The first kappa shape index (κ1) is 21.2. The molecule has 2 saturated heterocycles. The van der Waals surface area contributed by atoms with Gasteiger partial charge in [-0.15, -0.1) is 13.0 Å². The highest BCUT2D eigenvalue weighted by atomic mass is 35.5. The topological polar surface area (TPSA) is 57.7 Å². The molecule has 0 aromatic heterocycles. The van der Waals surface area contributed by atoms with E-state index in [1.807, 2.05) is 0 Å². The maximum absolute atomic E-state index is 13.6. The first-order chi connectivity index (χ1) is 13.3. The SMILES string of the molecule is C#CCN1CC(C=C)C2CCCC(CC1=O)N2S(=O)(=O)c1cc(Cl)cc(Cl)c1. The van der Waals surface area contributed by atoms with Crippen molar-refractivity contribution < 1.29 is 13.2 Å². The number of fused-ring (bicyclic) bond motifs is 2. The first-order valence-electron chi connectivity index (χ1n) is 9.11. The average Bonchev–Trinajstić information content (AvgIpc) is 2.63. The third-order valence-corrected chi connectivity index (χ3v) is 7.80. The molecule has 150 valence electrons. The Morgan fingerprint density at radius 3 is 2.54 bits per heavy atom. The number of sulfonamides is 1. The average molecular weight is 441 g/mol. The molecular formula is C20H22Cl2N2O3S. The summed E-state index contributed by atoms with van der Waals surface area (Å²) in [6.45, 7) is 4.45. The highest BCUT2D eigenvalue weighted by Crippen LogP contribution is 2.38. The molecule has 3 atom stereocenters. The van der Waals surface area contributed by atoms with E-state index < -0.39 is 16.1 Å². The van der Waals surface area contributed by atoms with Gasteiger partial charge in [0.15, 0.2) is 0 Å². The Hall–Kier alpha value is -1.52. The predicted octanol–water partition coefficient (Wildman–Crippen LogP) is 3.57. The Morgan fingerprint density at radius 1 is 1.25 bits per heavy atom. The van der Waals surface area contributed by atoms with Gasteiger partial charge in [0.1, 0.15) is 0 Å². The quantitative estimate of drug-likeness (QED) is 0.530. The number of benzene rings is 1. The number of hydrogen-bond donors (Lipinski definition) is 0. The maximum atomic E-state index is 13.6. The van der Waals surface area contributed by atoms with E-state index in [-0.39, 0.29) is 45.8 Å². The second-order valence-electron chi connectivity index (χ2n) is 7.17. The number of piperidine rings is 1. The van der Waals surface area contributed by atoms with Crippen molar-refractivity contribution in [3.8, 4) is 12.3 Å². The van der Waals surface area contributed by atoms with E-state index >= 15 is 0 Å². The molecule has 0 aliphatic carbocycles. The van der Waals surface area contributed by atoms with E-state index in [1.54, 1.807) is 11.0 Å². The fourth-order valence-corrected chi connectivity index (χ4v) is 6.80. The summed E-state index contributed by atoms with van der Waals surface area (Å²) in [4.78, 5) is 14.4. The molecular weight excluding hydrogens is 419 g/mol. The zero-order chi connectivity index (χ0) is 20.5. The van der Waals surface area contributed by atoms with Gasteiger partial charge < -0.3 is 4.90 Å². The van der Waals surface area contributed by atoms with Crippen molar-refractivity contribution in [2.24, 2.45) is 5.92 Å². The zero-order valence-electron chi connectivity index (χ0n) is 15.4. The minimum Gasteiger partial charge on any atom is -0.331 e. The largest absolute Gasteiger partial charge is 0.331 e. The molecule has 0 radical (unpaired) electrons. The fourth-order valence-electron chi connectivity index (χ4n) is 4.16. The number of carbonyl (C=O) groups is 1. The van der Waals surface area contributed by atoms with Crippen molar-refractivity contribution in [1.29, 1.82) is 0 Å². The van der Waals surface area contributed by atoms with Crippen LogP contribution >= 0.6 is 23.2 Å². The van der Waals surface area contributed by atoms with Crippen LogP contribution in [0.4, 0.5) is 0 Å². The minimum atomic E-state index is -3.90. The monoisotopic (exact) mass is 440 g/mol. The van der Waals surface area contributed by atoms with Gasteiger partial charge in [0.25, 0.3) is 0 Å². The molecule has 28 heavy (non-hydrogen) atoms. The standard InChI is InChI=1S/C20H22Cl2N2O3S/c1-3-8-23-13-14(4-2)19-7-5-6-17(12-20(23)25)24(19)28(26,27)18-10-15(21)9-16(22)11-18/h1,4,9-11,14,17,19H,2,5-8,12-13H2. The van der Waals surface area contributed by atoms with Crippen LogP contribution in [0.15, 0.2) is 35.7 Å². The molecule has 3 rings (SSSR count). The lowest BCUT2D eigenvalue weighted by Crippen LogP contribution is -2.58. The summed E-state index contributed by atoms with van der Waals surface area (Å²) >= 11 is 12.1. The molecule has 0 N–H and O–H groups in total. The van der Waals surface area contributed by atoms with Gasteiger partial charge in [-0.1, -0.05) is 41.6 Å². The van der Waals surface area contributed by atoms with Crippen LogP contribution < -0.4 is 0 Å². The third-order valence-electron chi connectivity index (χ3n) is 5.41. The lowest BCUT2D eigenvalue weighted by atomic mass is 9.86. The van der Waals surface area contributed by atoms with Gasteiger partial charge in [0.2, 0.25) is 15.9 Å². The van der Waals surface area contributed by atoms with Gasteiger partial charge in [-0.3, -0.25) is 4.79 Å². The molecule has 2 aliphatic heterocycles. The molecule has 3 unspecified atom stereocenters. The Balaban J connectivity index is 2.07. The first-order valence-corrected chi connectivity index (χ1v) is 11.3. The molecule has 2 bridgehead atoms. The van der Waals surface area contributed by atoms with Crippen molar-refractivity contribution in [3.05, 3.63) is 40.9 Å². The molecule has 1 amide bonds. The molecule has 2 heterocycles. The molecule has 0 saturated carbocycles. The van der Waals surface area contributed by atoms with Crippen LogP contribution in [0.25, 0.3) is 0 Å². The number of nitrogens with zero attached hydrogens (tertiary/aromatic N) is 2. The highest BCUT2D eigenvalue weighted by molar-refractivity contribution is 7.89. The van der Waals surface area contributed by atoms with Crippen LogP contribution in [0.5, 0.6) is 0 Å². The van der Waals surface area contributed by atoms with E-state index in [9.17, 15) is 13.2 Å². The van der Waals surface area contributed by atoms with E-state index in [2.05, 4.69) is 12.5 Å². The number of carbonyl (C=O) groups excluding carboxylic acids is 1. The lowest BCUT2D eigenvalue weighted by molar-refractivity contribution is -0.134. The smallest absolute Gasteiger partial charge is 0.243 e. The molecule has 5 nitrogen and oxygen atoms in total. The molecule has 2 aliphatic rings. The van der Waals surface area contributed by atoms with Crippen molar-refractivity contribution in [2.45, 2.75) is 42.7 Å². The molecule has 0 spiro atoms. The van der Waals surface area contributed by atoms with E-state index in [1.165, 1.54) is 22.5 Å². The van der Waals surface area contributed by atoms with E-state index in [0.29, 0.717) is 19.4 Å². The molecule has 1 aromatic rings. The molecule has 2 fully saturated rings. The van der Waals surface area contributed by atoms with Gasteiger partial charge in [-0.25, -0.2) is 8.42 Å². The summed E-state index contributed by atoms with van der Waals surface area (Å²) in [5.74, 6) is 2.16. The van der Waals surface area contributed by atoms with Crippen LogP contribution in [0.3, 0.4) is 0 Å². The molecule has 1 aromatic carbocycles. The van der Waals surface area contributed by atoms with Crippen molar-refractivity contribution in [1.82, 2.24) is 9.21 Å². The fraction of sp³-hybridized carbons (Fsp3) is 0.450. The highest BCUT2D eigenvalue weighted by Gasteiger charge is 2.45. The second-order valence-corrected chi connectivity index (χ2v) is 9.89. The van der Waals surface area contributed by atoms with Crippen LogP contribution in [-0.2, 0) is 14.8 Å². The van der Waals surface area contributed by atoms with Gasteiger partial charge in [0.05, 0.1) is 11.4 Å². The van der Waals surface area contributed by atoms with E-state index in [0.717, 1.165) is 6.42 Å². The Labute approximate surface area is 176 Å². The molecule has 8 heteroatoms. The Morgan fingerprint density at radius 2 is 1.93 bits per heavy atom. The van der Waals surface area contributed by atoms with Crippen LogP contribution in [0.1, 0.15) is 25.7 Å². The summed E-state index contributed by atoms with van der Waals surface area (Å²) in [5, 5.41) is 0.500. The summed E-state index contributed by atoms with van der Waals surface area (Å²) in [6.07, 6.45) is 9.41. The van der Waals surface area contributed by atoms with Crippen LogP contribution in [-0.4, -0.2) is 48.7 Å². The van der Waals surface area contributed by atoms with Crippen LogP contribution in [0.2, 0.25) is 10.0 Å². The Bertz CT molecular complexity index is 906. The van der Waals surface area contributed by atoms with Crippen molar-refractivity contribution in [2.75, 3.05) is 13.1 Å². The number of halogens is 2.